The van der Waals surface area contributed by atoms with E-state index in [2.05, 4.69) is 5.32 Å². The van der Waals surface area contributed by atoms with E-state index >= 15 is 0 Å². The van der Waals surface area contributed by atoms with E-state index < -0.39 is 10.8 Å². The monoisotopic (exact) mass is 215 g/mol. The topological polar surface area (TPSA) is 29.1 Å². The molecule has 2 heterocycles. The van der Waals surface area contributed by atoms with Crippen molar-refractivity contribution in [1.29, 1.82) is 0 Å². The predicted octanol–water partition coefficient (Wildman–Crippen LogP) is 1.47. The third-order valence-corrected chi connectivity index (χ3v) is 5.14. The first-order valence-corrected chi connectivity index (χ1v) is 6.69. The standard InChI is InChI=1S/C9H13NOS2/c11-13(9-2-1-5-12-9)7-8-3-4-10-6-8/h1-2,5,8,10H,3-4,6-7H2. The van der Waals surface area contributed by atoms with Crippen molar-refractivity contribution in [3.05, 3.63) is 17.5 Å². The van der Waals surface area contributed by atoms with Gasteiger partial charge < -0.3 is 5.32 Å². The molecule has 0 radical (unpaired) electrons. The summed E-state index contributed by atoms with van der Waals surface area (Å²) < 4.78 is 12.8. The summed E-state index contributed by atoms with van der Waals surface area (Å²) in [6.07, 6.45) is 1.18. The van der Waals surface area contributed by atoms with Crippen LogP contribution in [0.15, 0.2) is 21.7 Å². The molecule has 2 atom stereocenters. The lowest BCUT2D eigenvalue weighted by atomic mass is 10.2. The molecule has 0 aromatic carbocycles. The fourth-order valence-corrected chi connectivity index (χ4v) is 3.90. The Kier molecular flexibility index (Phi) is 3.14. The first-order valence-electron chi connectivity index (χ1n) is 4.49. The van der Waals surface area contributed by atoms with Gasteiger partial charge in [0.1, 0.15) is 0 Å². The van der Waals surface area contributed by atoms with Gasteiger partial charge in [-0.1, -0.05) is 6.07 Å². The van der Waals surface area contributed by atoms with Crippen LogP contribution in [0.5, 0.6) is 0 Å². The molecule has 1 fully saturated rings. The van der Waals surface area contributed by atoms with Crippen LogP contribution in [0.2, 0.25) is 0 Å². The molecule has 0 bridgehead atoms. The van der Waals surface area contributed by atoms with Crippen molar-refractivity contribution in [3.63, 3.8) is 0 Å². The number of nitrogens with one attached hydrogen (secondary N) is 1. The van der Waals surface area contributed by atoms with E-state index in [1.165, 1.54) is 6.42 Å². The summed E-state index contributed by atoms with van der Waals surface area (Å²) in [5.74, 6) is 1.44. The molecular weight excluding hydrogens is 202 g/mol. The molecule has 1 aromatic rings. The molecule has 1 N–H and O–H groups in total. The lowest BCUT2D eigenvalue weighted by Gasteiger charge is -2.05. The highest BCUT2D eigenvalue weighted by molar-refractivity contribution is 7.87. The average molecular weight is 215 g/mol. The Morgan fingerprint density at radius 3 is 3.23 bits per heavy atom. The van der Waals surface area contributed by atoms with Crippen LogP contribution < -0.4 is 5.32 Å². The van der Waals surface area contributed by atoms with Crippen molar-refractivity contribution >= 4 is 22.1 Å². The summed E-state index contributed by atoms with van der Waals surface area (Å²) in [7, 11) is -0.764. The van der Waals surface area contributed by atoms with E-state index in [4.69, 9.17) is 0 Å². The number of thiophene rings is 1. The number of hydrogen-bond acceptors (Lipinski definition) is 3. The predicted molar refractivity (Wildman–Crippen MR) is 56.6 cm³/mol. The maximum atomic E-state index is 11.8. The second kappa shape index (κ2) is 4.35. The van der Waals surface area contributed by atoms with Crippen LogP contribution in [0.3, 0.4) is 0 Å². The van der Waals surface area contributed by atoms with Crippen LogP contribution in [0, 0.1) is 5.92 Å². The van der Waals surface area contributed by atoms with Crippen molar-refractivity contribution in [1.82, 2.24) is 5.32 Å². The van der Waals surface area contributed by atoms with Crippen LogP contribution in [0.4, 0.5) is 0 Å². The Labute approximate surface area is 84.8 Å². The molecule has 13 heavy (non-hydrogen) atoms. The summed E-state index contributed by atoms with van der Waals surface area (Å²) in [6, 6.07) is 3.92. The van der Waals surface area contributed by atoms with E-state index in [-0.39, 0.29) is 0 Å². The lowest BCUT2D eigenvalue weighted by molar-refractivity contribution is 0.634. The van der Waals surface area contributed by atoms with Crippen LogP contribution in [-0.4, -0.2) is 23.1 Å². The zero-order valence-corrected chi connectivity index (χ0v) is 9.00. The van der Waals surface area contributed by atoms with Crippen molar-refractivity contribution in [2.75, 3.05) is 18.8 Å². The normalized spacial score (nSPS) is 24.8. The fraction of sp³-hybridized carbons (Fsp3) is 0.556. The molecule has 1 aliphatic rings. The van der Waals surface area contributed by atoms with Gasteiger partial charge in [-0.25, -0.2) is 0 Å². The van der Waals surface area contributed by atoms with Crippen LogP contribution in [0.1, 0.15) is 6.42 Å². The Hall–Kier alpha value is -0.190. The first kappa shape index (κ1) is 9.37. The number of rotatable bonds is 3. The molecular formula is C9H13NOS2. The molecule has 4 heteroatoms. The van der Waals surface area contributed by atoms with E-state index in [0.717, 1.165) is 23.1 Å². The van der Waals surface area contributed by atoms with Gasteiger partial charge in [-0.05, 0) is 36.9 Å². The van der Waals surface area contributed by atoms with Gasteiger partial charge >= 0.3 is 0 Å². The van der Waals surface area contributed by atoms with Gasteiger partial charge in [0.05, 0.1) is 15.0 Å². The van der Waals surface area contributed by atoms with Gasteiger partial charge in [-0.15, -0.1) is 11.3 Å². The molecule has 2 rings (SSSR count). The van der Waals surface area contributed by atoms with E-state index in [1.54, 1.807) is 11.3 Å². The van der Waals surface area contributed by atoms with Crippen LogP contribution in [0.25, 0.3) is 0 Å². The summed E-state index contributed by atoms with van der Waals surface area (Å²) in [6.45, 7) is 2.13. The Balaban J connectivity index is 1.91. The smallest absolute Gasteiger partial charge is 0.0910 e. The first-order chi connectivity index (χ1) is 6.36. The SMILES string of the molecule is O=S(CC1CCNC1)c1cccs1. The Morgan fingerprint density at radius 1 is 1.69 bits per heavy atom. The average Bonchev–Trinajstić information content (AvgIpc) is 2.74. The molecule has 2 unspecified atom stereocenters. The Morgan fingerprint density at radius 2 is 2.62 bits per heavy atom. The summed E-state index contributed by atoms with van der Waals surface area (Å²) in [5.41, 5.74) is 0. The minimum Gasteiger partial charge on any atom is -0.316 e. The van der Waals surface area contributed by atoms with Gasteiger partial charge in [0, 0.05) is 5.75 Å². The fourth-order valence-electron chi connectivity index (χ4n) is 1.55. The van der Waals surface area contributed by atoms with Crippen LogP contribution in [-0.2, 0) is 10.8 Å². The van der Waals surface area contributed by atoms with E-state index in [0.29, 0.717) is 5.92 Å². The van der Waals surface area contributed by atoms with Gasteiger partial charge in [-0.2, -0.15) is 0 Å². The highest BCUT2D eigenvalue weighted by Crippen LogP contribution is 2.18. The summed E-state index contributed by atoms with van der Waals surface area (Å²) in [4.78, 5) is 0. The summed E-state index contributed by atoms with van der Waals surface area (Å²) >= 11 is 1.59. The summed E-state index contributed by atoms with van der Waals surface area (Å²) in [5, 5.41) is 5.28. The van der Waals surface area contributed by atoms with Crippen molar-refractivity contribution in [2.45, 2.75) is 10.6 Å². The molecule has 0 amide bonds. The largest absolute Gasteiger partial charge is 0.316 e. The molecule has 0 saturated carbocycles. The lowest BCUT2D eigenvalue weighted by Crippen LogP contribution is -2.14. The van der Waals surface area contributed by atoms with Crippen molar-refractivity contribution in [2.24, 2.45) is 5.92 Å². The molecule has 0 aliphatic carbocycles. The van der Waals surface area contributed by atoms with Gasteiger partial charge in [-0.3, -0.25) is 4.21 Å². The second-order valence-corrected chi connectivity index (χ2v) is 5.97. The molecule has 1 aliphatic heterocycles. The minimum atomic E-state index is -0.764. The minimum absolute atomic E-state index is 0.614. The molecule has 0 spiro atoms. The Bertz CT molecular complexity index is 278. The zero-order chi connectivity index (χ0) is 9.10. The van der Waals surface area contributed by atoms with Crippen molar-refractivity contribution in [3.8, 4) is 0 Å². The van der Waals surface area contributed by atoms with Gasteiger partial charge in [0.15, 0.2) is 0 Å². The maximum Gasteiger partial charge on any atom is 0.0910 e. The van der Waals surface area contributed by atoms with E-state index in [1.807, 2.05) is 17.5 Å². The molecule has 72 valence electrons. The number of hydrogen-bond donors (Lipinski definition) is 1. The molecule has 1 saturated heterocycles. The van der Waals surface area contributed by atoms with Crippen molar-refractivity contribution < 1.29 is 4.21 Å². The third-order valence-electron chi connectivity index (χ3n) is 2.27. The highest BCUT2D eigenvalue weighted by Gasteiger charge is 2.18. The van der Waals surface area contributed by atoms with E-state index in [9.17, 15) is 4.21 Å². The van der Waals surface area contributed by atoms with Crippen LogP contribution >= 0.6 is 11.3 Å². The molecule has 1 aromatic heterocycles. The third kappa shape index (κ3) is 2.39. The second-order valence-electron chi connectivity index (χ2n) is 3.30. The maximum absolute atomic E-state index is 11.8. The van der Waals surface area contributed by atoms with Gasteiger partial charge in [0.2, 0.25) is 0 Å². The highest BCUT2D eigenvalue weighted by atomic mass is 32.2. The quantitative estimate of drug-likeness (QED) is 0.827. The zero-order valence-electron chi connectivity index (χ0n) is 7.36. The van der Waals surface area contributed by atoms with Gasteiger partial charge in [0.25, 0.3) is 0 Å². The molecule has 2 nitrogen and oxygen atoms in total.